The van der Waals surface area contributed by atoms with E-state index in [1.165, 1.54) is 340 Å². The van der Waals surface area contributed by atoms with Gasteiger partial charge in [-0.1, -0.05) is 416 Å². The monoisotopic (exact) mass is 1350 g/mol. The molecule has 0 aliphatic rings. The van der Waals surface area contributed by atoms with Gasteiger partial charge < -0.3 is 33.3 Å². The van der Waals surface area contributed by atoms with Crippen LogP contribution in [0.15, 0.2) is 48.6 Å². The molecule has 0 spiro atoms. The van der Waals surface area contributed by atoms with Crippen molar-refractivity contribution < 1.29 is 42.9 Å². The molecule has 0 bridgehead atoms. The molecular weight excluding hydrogens is 1190 g/mol. The van der Waals surface area contributed by atoms with Crippen molar-refractivity contribution >= 4 is 17.9 Å². The van der Waals surface area contributed by atoms with Gasteiger partial charge in [-0.05, 0) is 51.4 Å². The maximum absolute atomic E-state index is 13.0. The number of rotatable bonds is 80. The van der Waals surface area contributed by atoms with E-state index in [-0.39, 0.29) is 32.2 Å². The lowest BCUT2D eigenvalue weighted by atomic mass is 10.0. The highest BCUT2D eigenvalue weighted by molar-refractivity contribution is 5.70. The van der Waals surface area contributed by atoms with E-state index in [0.29, 0.717) is 17.4 Å². The predicted molar refractivity (Wildman–Crippen MR) is 412 cm³/mol. The molecule has 0 saturated heterocycles. The fourth-order valence-corrected chi connectivity index (χ4v) is 12.9. The molecule has 0 rings (SSSR count). The highest BCUT2D eigenvalue weighted by Crippen LogP contribution is 2.21. The van der Waals surface area contributed by atoms with Crippen LogP contribution in [0.4, 0.5) is 0 Å². The highest BCUT2D eigenvalue weighted by atomic mass is 16.7. The molecule has 0 heterocycles. The van der Waals surface area contributed by atoms with Crippen molar-refractivity contribution in [1.29, 1.82) is 0 Å². The summed E-state index contributed by atoms with van der Waals surface area (Å²) >= 11 is 0. The number of carboxylic acid groups (broad SMARTS) is 1. The van der Waals surface area contributed by atoms with Gasteiger partial charge >= 0.3 is 11.9 Å². The molecule has 0 aliphatic carbocycles. The molecule has 0 aromatic carbocycles. The number of likely N-dealkylation sites (N-methyl/N-ethyl adjacent to an activating group) is 1. The van der Waals surface area contributed by atoms with Crippen molar-refractivity contribution in [2.45, 2.75) is 444 Å². The van der Waals surface area contributed by atoms with Crippen LogP contribution >= 0.6 is 0 Å². The lowest BCUT2D eigenvalue weighted by Crippen LogP contribution is -2.44. The first-order chi connectivity index (χ1) is 47.1. The van der Waals surface area contributed by atoms with Gasteiger partial charge in [0.2, 0.25) is 0 Å². The van der Waals surface area contributed by atoms with E-state index in [1.807, 2.05) is 21.1 Å². The second-order valence-electron chi connectivity index (χ2n) is 30.1. The van der Waals surface area contributed by atoms with Crippen molar-refractivity contribution in [3.05, 3.63) is 48.6 Å². The number of allylic oxidation sites excluding steroid dienone is 8. The van der Waals surface area contributed by atoms with E-state index in [4.69, 9.17) is 18.9 Å². The molecule has 0 fully saturated rings. The zero-order valence-electron chi connectivity index (χ0n) is 64.8. The fraction of sp³-hybridized carbons (Fsp3) is 0.874. The first-order valence-electron chi connectivity index (χ1n) is 42.3. The molecule has 0 aliphatic heterocycles. The molecule has 2 unspecified atom stereocenters. The number of nitrogens with zero attached hydrogens (tertiary/aromatic N) is 1. The fourth-order valence-electron chi connectivity index (χ4n) is 12.9. The number of carboxylic acids is 1. The number of carbonyl (C=O) groups is 3. The number of ether oxygens (including phenoxy) is 4. The normalized spacial score (nSPS) is 12.8. The van der Waals surface area contributed by atoms with Crippen LogP contribution in [0.3, 0.4) is 0 Å². The van der Waals surface area contributed by atoms with Gasteiger partial charge in [0, 0.05) is 12.8 Å². The third-order valence-corrected chi connectivity index (χ3v) is 19.3. The quantitative estimate of drug-likeness (QED) is 0.0195. The van der Waals surface area contributed by atoms with Gasteiger partial charge in [0.1, 0.15) is 13.2 Å². The predicted octanol–water partition coefficient (Wildman–Crippen LogP) is 25.9. The lowest BCUT2D eigenvalue weighted by molar-refractivity contribution is -0.870. The Balaban J connectivity index is 3.93. The first-order valence-corrected chi connectivity index (χ1v) is 42.3. The van der Waals surface area contributed by atoms with Crippen LogP contribution < -0.4 is 5.11 Å². The number of carbonyl (C=O) groups excluding carboxylic acids is 3. The summed E-state index contributed by atoms with van der Waals surface area (Å²) in [6.07, 6.45) is 99.8. The molecule has 564 valence electrons. The first kappa shape index (κ1) is 93.2. The third kappa shape index (κ3) is 78.6. The lowest BCUT2D eigenvalue weighted by Gasteiger charge is -2.26. The Morgan fingerprint density at radius 3 is 0.885 bits per heavy atom. The largest absolute Gasteiger partial charge is 0.545 e. The zero-order chi connectivity index (χ0) is 69.7. The summed E-state index contributed by atoms with van der Waals surface area (Å²) in [4.78, 5) is 37.6. The third-order valence-electron chi connectivity index (χ3n) is 19.3. The Hall–Kier alpha value is -2.75. The van der Waals surface area contributed by atoms with Crippen molar-refractivity contribution in [2.24, 2.45) is 0 Å². The number of esters is 2. The molecule has 0 aromatic rings. The molecule has 0 amide bonds. The standard InChI is InChI=1S/C87H163NO8/c1-6-8-10-12-14-16-18-20-22-24-26-28-30-32-34-36-38-40-42-44-45-47-49-51-53-55-57-59-61-63-65-67-69-71-73-75-77-84(89)94-81-83(82-95-87(86(91)92)93-80-79-88(3,4)5)96-85(90)78-76-74-72-70-68-66-64-62-60-58-56-54-52-50-48-46-43-41-39-37-35-33-31-29-27-25-23-21-19-17-15-13-11-9-7-2/h9,11,15,17,21,23,27,29,83,87H,6-8,10,12-14,16,18-20,22,24-26,28,30-82H2,1-5H3/b11-9-,17-15-,23-21-,29-27-. The summed E-state index contributed by atoms with van der Waals surface area (Å²) in [5.41, 5.74) is 0. The van der Waals surface area contributed by atoms with E-state index in [2.05, 4.69) is 62.5 Å². The maximum Gasteiger partial charge on any atom is 0.306 e. The Labute approximate surface area is 597 Å². The SMILES string of the molecule is CC/C=C\C/C=C\C/C=C\C/C=C\CCCCCCCCCCCCCCCCCCCCCCCCC(=O)OC(COC(=O)CCCCCCCCCCCCCCCCCCCCCCCCCCCCCCCCCCCCCC)COC(OCC[N+](C)(C)C)C(=O)[O-]. The van der Waals surface area contributed by atoms with E-state index in [1.54, 1.807) is 0 Å². The van der Waals surface area contributed by atoms with Gasteiger partial charge in [0.05, 0.1) is 40.3 Å². The summed E-state index contributed by atoms with van der Waals surface area (Å²) in [7, 11) is 5.96. The summed E-state index contributed by atoms with van der Waals surface area (Å²) in [6.45, 7) is 4.72. The molecule has 0 saturated carbocycles. The minimum absolute atomic E-state index is 0.151. The van der Waals surface area contributed by atoms with Crippen LogP contribution in [0.2, 0.25) is 0 Å². The molecule has 9 nitrogen and oxygen atoms in total. The molecular formula is C87H163NO8. The molecule has 2 atom stereocenters. The molecule has 0 N–H and O–H groups in total. The van der Waals surface area contributed by atoms with Crippen LogP contribution in [0, 0.1) is 0 Å². The molecule has 9 heteroatoms. The summed E-state index contributed by atoms with van der Waals surface area (Å²) in [6, 6.07) is 0. The molecule has 0 aromatic heterocycles. The van der Waals surface area contributed by atoms with Crippen molar-refractivity contribution in [3.8, 4) is 0 Å². The van der Waals surface area contributed by atoms with Crippen LogP contribution in [-0.2, 0) is 33.3 Å². The highest BCUT2D eigenvalue weighted by Gasteiger charge is 2.22. The topological polar surface area (TPSA) is 111 Å². The minimum Gasteiger partial charge on any atom is -0.545 e. The Kier molecular flexibility index (Phi) is 75.7. The van der Waals surface area contributed by atoms with Gasteiger partial charge in [0.15, 0.2) is 12.4 Å². The van der Waals surface area contributed by atoms with Gasteiger partial charge in [-0.25, -0.2) is 0 Å². The number of aliphatic carboxylic acids is 1. The molecule has 96 heavy (non-hydrogen) atoms. The summed E-state index contributed by atoms with van der Waals surface area (Å²) in [5.74, 6) is -2.25. The van der Waals surface area contributed by atoms with Gasteiger partial charge in [-0.2, -0.15) is 0 Å². The van der Waals surface area contributed by atoms with Gasteiger partial charge in [-0.3, -0.25) is 9.59 Å². The smallest absolute Gasteiger partial charge is 0.306 e. The maximum atomic E-state index is 13.0. The second kappa shape index (κ2) is 78.0. The minimum atomic E-state index is -1.62. The summed E-state index contributed by atoms with van der Waals surface area (Å²) in [5, 5.41) is 11.9. The van der Waals surface area contributed by atoms with Crippen molar-refractivity contribution in [1.82, 2.24) is 0 Å². The Bertz CT molecular complexity index is 1720. The van der Waals surface area contributed by atoms with Gasteiger partial charge in [-0.15, -0.1) is 0 Å². The van der Waals surface area contributed by atoms with E-state index in [9.17, 15) is 19.5 Å². The number of unbranched alkanes of at least 4 members (excludes halogenated alkanes) is 57. The van der Waals surface area contributed by atoms with Crippen LogP contribution in [0.1, 0.15) is 431 Å². The zero-order valence-corrected chi connectivity index (χ0v) is 64.8. The van der Waals surface area contributed by atoms with Crippen LogP contribution in [-0.4, -0.2) is 82.3 Å². The number of quaternary nitrogens is 1. The average Bonchev–Trinajstić information content (AvgIpc) is 2.43. The molecule has 0 radical (unpaired) electrons. The van der Waals surface area contributed by atoms with E-state index in [0.717, 1.165) is 64.2 Å². The van der Waals surface area contributed by atoms with E-state index >= 15 is 0 Å². The van der Waals surface area contributed by atoms with Crippen LogP contribution in [0.5, 0.6) is 0 Å². The number of hydrogen-bond acceptors (Lipinski definition) is 8. The number of hydrogen-bond donors (Lipinski definition) is 0. The van der Waals surface area contributed by atoms with E-state index < -0.39 is 24.3 Å². The van der Waals surface area contributed by atoms with Crippen LogP contribution in [0.25, 0.3) is 0 Å². The van der Waals surface area contributed by atoms with Crippen molar-refractivity contribution in [3.63, 3.8) is 0 Å². The van der Waals surface area contributed by atoms with Crippen molar-refractivity contribution in [2.75, 3.05) is 47.5 Å². The Morgan fingerprint density at radius 1 is 0.323 bits per heavy atom. The average molecular weight is 1350 g/mol. The Morgan fingerprint density at radius 2 is 0.594 bits per heavy atom. The van der Waals surface area contributed by atoms with Gasteiger partial charge in [0.25, 0.3) is 0 Å². The summed E-state index contributed by atoms with van der Waals surface area (Å²) < 4.78 is 22.9. The second-order valence-corrected chi connectivity index (χ2v) is 30.1.